The third-order valence-electron chi connectivity index (χ3n) is 3.78. The summed E-state index contributed by atoms with van der Waals surface area (Å²) in [6.45, 7) is 0. The highest BCUT2D eigenvalue weighted by atomic mass is 35.5. The first-order chi connectivity index (χ1) is 8.74. The summed E-state index contributed by atoms with van der Waals surface area (Å²) in [5.41, 5.74) is 1.13. The van der Waals surface area contributed by atoms with Crippen molar-refractivity contribution in [3.05, 3.63) is 23.8 Å². The molecular formula is C15H21ClO2. The monoisotopic (exact) mass is 268 g/mol. The second kappa shape index (κ2) is 6.33. The van der Waals surface area contributed by atoms with E-state index in [-0.39, 0.29) is 5.38 Å². The van der Waals surface area contributed by atoms with Gasteiger partial charge < -0.3 is 9.47 Å². The minimum Gasteiger partial charge on any atom is -0.493 e. The SMILES string of the molecule is COc1ccc(C(Cl)CC2CCCC2)cc1OC. The van der Waals surface area contributed by atoms with Crippen LogP contribution < -0.4 is 9.47 Å². The second-order valence-electron chi connectivity index (χ2n) is 4.97. The summed E-state index contributed by atoms with van der Waals surface area (Å²) in [6, 6.07) is 5.96. The average Bonchev–Trinajstić information content (AvgIpc) is 2.90. The van der Waals surface area contributed by atoms with Crippen molar-refractivity contribution in [1.29, 1.82) is 0 Å². The molecule has 0 bridgehead atoms. The molecule has 1 aromatic rings. The molecule has 0 aromatic heterocycles. The van der Waals surface area contributed by atoms with Crippen LogP contribution in [0.4, 0.5) is 0 Å². The number of rotatable bonds is 5. The number of methoxy groups -OCH3 is 2. The van der Waals surface area contributed by atoms with E-state index in [0.29, 0.717) is 0 Å². The van der Waals surface area contributed by atoms with Crippen molar-refractivity contribution in [2.75, 3.05) is 14.2 Å². The van der Waals surface area contributed by atoms with Crippen molar-refractivity contribution in [2.24, 2.45) is 5.92 Å². The fourth-order valence-electron chi connectivity index (χ4n) is 2.72. The van der Waals surface area contributed by atoms with Gasteiger partial charge in [-0.2, -0.15) is 0 Å². The van der Waals surface area contributed by atoms with Crippen LogP contribution in [0.5, 0.6) is 11.5 Å². The number of ether oxygens (including phenoxy) is 2. The van der Waals surface area contributed by atoms with Crippen LogP contribution in [-0.4, -0.2) is 14.2 Å². The minimum atomic E-state index is 0.0768. The first kappa shape index (κ1) is 13.5. The molecule has 2 nitrogen and oxygen atoms in total. The van der Waals surface area contributed by atoms with Gasteiger partial charge in [0, 0.05) is 0 Å². The van der Waals surface area contributed by atoms with E-state index in [1.165, 1.54) is 25.7 Å². The predicted molar refractivity (Wildman–Crippen MR) is 74.7 cm³/mol. The number of alkyl halides is 1. The van der Waals surface area contributed by atoms with Gasteiger partial charge in [0.25, 0.3) is 0 Å². The summed E-state index contributed by atoms with van der Waals surface area (Å²) in [7, 11) is 3.30. The van der Waals surface area contributed by atoms with E-state index < -0.39 is 0 Å². The fourth-order valence-corrected chi connectivity index (χ4v) is 3.11. The molecule has 0 aliphatic heterocycles. The zero-order chi connectivity index (χ0) is 13.0. The van der Waals surface area contributed by atoms with Crippen LogP contribution in [0.25, 0.3) is 0 Å². The van der Waals surface area contributed by atoms with Crippen LogP contribution in [0, 0.1) is 5.92 Å². The maximum Gasteiger partial charge on any atom is 0.161 e. The summed E-state index contributed by atoms with van der Waals surface area (Å²) in [5.74, 6) is 2.30. The molecular weight excluding hydrogens is 248 g/mol. The van der Waals surface area contributed by atoms with Gasteiger partial charge in [0.1, 0.15) is 0 Å². The van der Waals surface area contributed by atoms with E-state index in [9.17, 15) is 0 Å². The number of halogens is 1. The lowest BCUT2D eigenvalue weighted by atomic mass is 9.97. The van der Waals surface area contributed by atoms with Gasteiger partial charge >= 0.3 is 0 Å². The molecule has 18 heavy (non-hydrogen) atoms. The third-order valence-corrected chi connectivity index (χ3v) is 4.21. The molecule has 3 heteroatoms. The second-order valence-corrected chi connectivity index (χ2v) is 5.49. The molecule has 1 aliphatic rings. The van der Waals surface area contributed by atoms with Crippen molar-refractivity contribution in [3.8, 4) is 11.5 Å². The molecule has 0 N–H and O–H groups in total. The maximum absolute atomic E-state index is 6.51. The maximum atomic E-state index is 6.51. The fraction of sp³-hybridized carbons (Fsp3) is 0.600. The highest BCUT2D eigenvalue weighted by Crippen LogP contribution is 2.38. The molecule has 0 radical (unpaired) electrons. The van der Waals surface area contributed by atoms with Gasteiger partial charge in [0.15, 0.2) is 11.5 Å². The minimum absolute atomic E-state index is 0.0768. The Morgan fingerprint density at radius 2 is 1.83 bits per heavy atom. The molecule has 0 saturated heterocycles. The molecule has 1 unspecified atom stereocenters. The molecule has 1 atom stereocenters. The van der Waals surface area contributed by atoms with E-state index in [1.807, 2.05) is 18.2 Å². The van der Waals surface area contributed by atoms with Gasteiger partial charge in [-0.05, 0) is 30.0 Å². The quantitative estimate of drug-likeness (QED) is 0.729. The van der Waals surface area contributed by atoms with E-state index in [4.69, 9.17) is 21.1 Å². The van der Waals surface area contributed by atoms with Gasteiger partial charge in [-0.1, -0.05) is 31.7 Å². The van der Waals surface area contributed by atoms with Crippen molar-refractivity contribution < 1.29 is 9.47 Å². The Labute approximate surface area is 114 Å². The molecule has 1 saturated carbocycles. The van der Waals surface area contributed by atoms with Crippen LogP contribution in [0.2, 0.25) is 0 Å². The standard InChI is InChI=1S/C15H21ClO2/c1-17-14-8-7-12(10-15(14)18-2)13(16)9-11-5-3-4-6-11/h7-8,10-11,13H,3-6,9H2,1-2H3. The molecule has 0 amide bonds. The Kier molecular flexibility index (Phi) is 4.76. The highest BCUT2D eigenvalue weighted by Gasteiger charge is 2.20. The molecule has 2 rings (SSSR count). The predicted octanol–water partition coefficient (Wildman–Crippen LogP) is 4.56. The lowest BCUT2D eigenvalue weighted by molar-refractivity contribution is 0.354. The normalized spacial score (nSPS) is 17.7. The van der Waals surface area contributed by atoms with Gasteiger partial charge in [0.2, 0.25) is 0 Å². The number of hydrogen-bond donors (Lipinski definition) is 0. The first-order valence-electron chi connectivity index (χ1n) is 6.60. The summed E-state index contributed by atoms with van der Waals surface area (Å²) in [5, 5.41) is 0.0768. The van der Waals surface area contributed by atoms with Crippen LogP contribution in [0.15, 0.2) is 18.2 Å². The van der Waals surface area contributed by atoms with Crippen LogP contribution in [0.1, 0.15) is 43.0 Å². The van der Waals surface area contributed by atoms with Crippen LogP contribution >= 0.6 is 11.6 Å². The largest absolute Gasteiger partial charge is 0.493 e. The number of hydrogen-bond acceptors (Lipinski definition) is 2. The summed E-state index contributed by atoms with van der Waals surface area (Å²) < 4.78 is 10.5. The van der Waals surface area contributed by atoms with Gasteiger partial charge in [-0.15, -0.1) is 11.6 Å². The zero-order valence-corrected chi connectivity index (χ0v) is 11.9. The summed E-state index contributed by atoms with van der Waals surface area (Å²) >= 11 is 6.51. The van der Waals surface area contributed by atoms with E-state index in [2.05, 4.69) is 0 Å². The third kappa shape index (κ3) is 3.11. The zero-order valence-electron chi connectivity index (χ0n) is 11.1. The molecule has 100 valence electrons. The lowest BCUT2D eigenvalue weighted by Crippen LogP contribution is -2.00. The topological polar surface area (TPSA) is 18.5 Å². The van der Waals surface area contributed by atoms with Crippen LogP contribution in [0.3, 0.4) is 0 Å². The van der Waals surface area contributed by atoms with Crippen molar-refractivity contribution in [1.82, 2.24) is 0 Å². The average molecular weight is 269 g/mol. The summed E-state index contributed by atoms with van der Waals surface area (Å²) in [4.78, 5) is 0. The van der Waals surface area contributed by atoms with Crippen molar-refractivity contribution >= 4 is 11.6 Å². The van der Waals surface area contributed by atoms with E-state index in [0.717, 1.165) is 29.4 Å². The van der Waals surface area contributed by atoms with Gasteiger partial charge in [-0.25, -0.2) is 0 Å². The lowest BCUT2D eigenvalue weighted by Gasteiger charge is -2.16. The van der Waals surface area contributed by atoms with Crippen LogP contribution in [-0.2, 0) is 0 Å². The first-order valence-corrected chi connectivity index (χ1v) is 7.04. The smallest absolute Gasteiger partial charge is 0.161 e. The molecule has 1 fully saturated rings. The Morgan fingerprint density at radius 1 is 1.17 bits per heavy atom. The Balaban J connectivity index is 2.06. The van der Waals surface area contributed by atoms with Gasteiger partial charge in [0.05, 0.1) is 19.6 Å². The van der Waals surface area contributed by atoms with Crippen molar-refractivity contribution in [2.45, 2.75) is 37.5 Å². The molecule has 1 aliphatic carbocycles. The van der Waals surface area contributed by atoms with E-state index in [1.54, 1.807) is 14.2 Å². The number of benzene rings is 1. The van der Waals surface area contributed by atoms with E-state index >= 15 is 0 Å². The van der Waals surface area contributed by atoms with Gasteiger partial charge in [-0.3, -0.25) is 0 Å². The molecule has 0 heterocycles. The molecule has 1 aromatic carbocycles. The summed E-state index contributed by atoms with van der Waals surface area (Å²) in [6.07, 6.45) is 6.45. The Bertz CT molecular complexity index is 386. The highest BCUT2D eigenvalue weighted by molar-refractivity contribution is 6.20. The Morgan fingerprint density at radius 3 is 2.44 bits per heavy atom. The van der Waals surface area contributed by atoms with Crippen molar-refractivity contribution in [3.63, 3.8) is 0 Å². The Hall–Kier alpha value is -0.890. The molecule has 0 spiro atoms.